The number of aryl methyl sites for hydroxylation is 2. The number of carbonyl (C=O) groups is 1. The topological polar surface area (TPSA) is 52.5 Å². The lowest BCUT2D eigenvalue weighted by molar-refractivity contribution is -0.121. The Morgan fingerprint density at radius 3 is 2.59 bits per heavy atom. The summed E-state index contributed by atoms with van der Waals surface area (Å²) < 4.78 is 12.7. The van der Waals surface area contributed by atoms with E-state index in [1.54, 1.807) is 14.2 Å². The molecule has 0 unspecified atom stereocenters. The molecule has 0 fully saturated rings. The van der Waals surface area contributed by atoms with Crippen LogP contribution in [0, 0.1) is 0 Å². The molecule has 0 saturated heterocycles. The molecule has 1 heterocycles. The van der Waals surface area contributed by atoms with E-state index in [0.717, 1.165) is 12.0 Å². The van der Waals surface area contributed by atoms with Crippen LogP contribution in [0.5, 0.6) is 11.5 Å². The van der Waals surface area contributed by atoms with Gasteiger partial charge in [0.2, 0.25) is 5.91 Å². The second-order valence-electron chi connectivity index (χ2n) is 6.72. The third-order valence-electron chi connectivity index (χ3n) is 4.88. The maximum absolute atomic E-state index is 12.4. The number of benzene rings is 2. The van der Waals surface area contributed by atoms with E-state index in [-0.39, 0.29) is 11.9 Å². The quantitative estimate of drug-likeness (QED) is 0.687. The van der Waals surface area contributed by atoms with Gasteiger partial charge in [0.25, 0.3) is 0 Å². The molecule has 0 spiro atoms. The Bertz CT molecular complexity index is 946. The molecule has 0 aliphatic carbocycles. The summed E-state index contributed by atoms with van der Waals surface area (Å²) in [7, 11) is 5.25. The number of hydrogen-bond acceptors (Lipinski definition) is 3. The molecule has 1 atom stereocenters. The number of methoxy groups -OCH3 is 2. The van der Waals surface area contributed by atoms with E-state index in [1.807, 2.05) is 38.4 Å². The zero-order valence-electron chi connectivity index (χ0n) is 16.3. The third kappa shape index (κ3) is 4.25. The number of carbonyl (C=O) groups excluding carboxylic acids is 1. The van der Waals surface area contributed by atoms with Gasteiger partial charge >= 0.3 is 0 Å². The van der Waals surface area contributed by atoms with Gasteiger partial charge in [-0.1, -0.05) is 12.1 Å². The molecular formula is C22H26N2O3. The Kier molecular flexibility index (Phi) is 5.69. The molecule has 142 valence electrons. The highest BCUT2D eigenvalue weighted by molar-refractivity contribution is 5.81. The van der Waals surface area contributed by atoms with Gasteiger partial charge in [-0.15, -0.1) is 0 Å². The maximum atomic E-state index is 12.4. The molecule has 5 nitrogen and oxygen atoms in total. The van der Waals surface area contributed by atoms with E-state index >= 15 is 0 Å². The smallest absolute Gasteiger partial charge is 0.220 e. The van der Waals surface area contributed by atoms with E-state index in [1.165, 1.54) is 16.5 Å². The molecule has 0 aliphatic rings. The molecule has 0 saturated carbocycles. The highest BCUT2D eigenvalue weighted by atomic mass is 16.5. The van der Waals surface area contributed by atoms with Crippen molar-refractivity contribution in [3.8, 4) is 11.5 Å². The summed E-state index contributed by atoms with van der Waals surface area (Å²) in [5.41, 5.74) is 3.35. The number of nitrogens with zero attached hydrogens (tertiary/aromatic N) is 1. The molecule has 1 amide bonds. The molecular weight excluding hydrogens is 340 g/mol. The summed E-state index contributed by atoms with van der Waals surface area (Å²) in [5, 5.41) is 4.26. The first-order valence-corrected chi connectivity index (χ1v) is 9.07. The highest BCUT2D eigenvalue weighted by Crippen LogP contribution is 2.29. The van der Waals surface area contributed by atoms with Gasteiger partial charge in [-0.3, -0.25) is 4.79 Å². The molecule has 1 N–H and O–H groups in total. The van der Waals surface area contributed by atoms with E-state index in [4.69, 9.17) is 9.47 Å². The van der Waals surface area contributed by atoms with Crippen molar-refractivity contribution in [2.45, 2.75) is 25.8 Å². The van der Waals surface area contributed by atoms with Gasteiger partial charge in [0.15, 0.2) is 11.5 Å². The van der Waals surface area contributed by atoms with Gasteiger partial charge in [-0.25, -0.2) is 0 Å². The van der Waals surface area contributed by atoms with Crippen molar-refractivity contribution in [3.63, 3.8) is 0 Å². The lowest BCUT2D eigenvalue weighted by Gasteiger charge is -2.16. The van der Waals surface area contributed by atoms with Crippen LogP contribution in [-0.2, 0) is 18.3 Å². The van der Waals surface area contributed by atoms with E-state index in [2.05, 4.69) is 34.1 Å². The Labute approximate surface area is 159 Å². The fraction of sp³-hybridized carbons (Fsp3) is 0.318. The summed E-state index contributed by atoms with van der Waals surface area (Å²) in [6.45, 7) is 1.97. The first-order chi connectivity index (χ1) is 13.0. The maximum Gasteiger partial charge on any atom is 0.220 e. The molecule has 3 rings (SSSR count). The van der Waals surface area contributed by atoms with Gasteiger partial charge in [0.1, 0.15) is 0 Å². The molecule has 1 aromatic heterocycles. The molecule has 0 bridgehead atoms. The normalized spacial score (nSPS) is 12.0. The van der Waals surface area contributed by atoms with Crippen LogP contribution in [-0.4, -0.2) is 24.7 Å². The fourth-order valence-electron chi connectivity index (χ4n) is 3.26. The van der Waals surface area contributed by atoms with Crippen LogP contribution in [0.4, 0.5) is 0 Å². The van der Waals surface area contributed by atoms with E-state index in [0.29, 0.717) is 17.9 Å². The van der Waals surface area contributed by atoms with Crippen LogP contribution in [0.15, 0.2) is 48.7 Å². The summed E-state index contributed by atoms with van der Waals surface area (Å²) in [6, 6.07) is 14.0. The number of rotatable bonds is 7. The minimum Gasteiger partial charge on any atom is -0.493 e. The molecule has 0 aliphatic heterocycles. The van der Waals surface area contributed by atoms with Gasteiger partial charge < -0.3 is 19.4 Å². The zero-order valence-corrected chi connectivity index (χ0v) is 16.3. The van der Waals surface area contributed by atoms with Crippen LogP contribution >= 0.6 is 0 Å². The van der Waals surface area contributed by atoms with Gasteiger partial charge in [-0.2, -0.15) is 0 Å². The van der Waals surface area contributed by atoms with Gasteiger partial charge in [-0.05, 0) is 60.2 Å². The number of fused-ring (bicyclic) bond motifs is 1. The van der Waals surface area contributed by atoms with Gasteiger partial charge in [0.05, 0.1) is 20.3 Å². The number of amides is 1. The second kappa shape index (κ2) is 8.16. The van der Waals surface area contributed by atoms with Crippen molar-refractivity contribution in [1.82, 2.24) is 9.88 Å². The van der Waals surface area contributed by atoms with E-state index < -0.39 is 0 Å². The Morgan fingerprint density at radius 2 is 1.85 bits per heavy atom. The lowest BCUT2D eigenvalue weighted by atomic mass is 10.1. The first kappa shape index (κ1) is 18.8. The van der Waals surface area contributed by atoms with Gasteiger partial charge in [0, 0.05) is 25.2 Å². The average molecular weight is 366 g/mol. The molecule has 27 heavy (non-hydrogen) atoms. The fourth-order valence-corrected chi connectivity index (χ4v) is 3.26. The predicted molar refractivity (Wildman–Crippen MR) is 107 cm³/mol. The van der Waals surface area contributed by atoms with Crippen molar-refractivity contribution < 1.29 is 14.3 Å². The number of hydrogen-bond donors (Lipinski definition) is 1. The Hall–Kier alpha value is -2.95. The number of ether oxygens (including phenoxy) is 2. The van der Waals surface area contributed by atoms with Crippen molar-refractivity contribution in [2.24, 2.45) is 7.05 Å². The average Bonchev–Trinajstić information content (AvgIpc) is 3.06. The predicted octanol–water partition coefficient (Wildman–Crippen LogP) is 4.01. The van der Waals surface area contributed by atoms with Crippen molar-refractivity contribution >= 4 is 16.8 Å². The van der Waals surface area contributed by atoms with Crippen LogP contribution in [0.1, 0.15) is 30.5 Å². The van der Waals surface area contributed by atoms with E-state index in [9.17, 15) is 4.79 Å². The second-order valence-corrected chi connectivity index (χ2v) is 6.72. The van der Waals surface area contributed by atoms with Crippen LogP contribution in [0.3, 0.4) is 0 Å². The summed E-state index contributed by atoms with van der Waals surface area (Å²) in [4.78, 5) is 12.4. The number of nitrogens with one attached hydrogen (secondary N) is 1. The summed E-state index contributed by atoms with van der Waals surface area (Å²) in [5.74, 6) is 1.37. The van der Waals surface area contributed by atoms with Crippen LogP contribution in [0.25, 0.3) is 10.9 Å². The molecule has 3 aromatic rings. The summed E-state index contributed by atoms with van der Waals surface area (Å²) >= 11 is 0. The Balaban J connectivity index is 1.59. The summed E-state index contributed by atoms with van der Waals surface area (Å²) in [6.07, 6.45) is 3.22. The lowest BCUT2D eigenvalue weighted by Crippen LogP contribution is -2.26. The minimum absolute atomic E-state index is 0.0328. The minimum atomic E-state index is -0.103. The monoisotopic (exact) mass is 366 g/mol. The van der Waals surface area contributed by atoms with Crippen molar-refractivity contribution in [1.29, 1.82) is 0 Å². The Morgan fingerprint density at radius 1 is 1.07 bits per heavy atom. The standard InChI is InChI=1S/C22H26N2O3/c1-15(17-7-9-20(26-3)21(14-17)27-4)23-22(25)10-6-16-5-8-19-18(13-16)11-12-24(19)2/h5,7-9,11-15H,6,10H2,1-4H3,(H,23,25)/t15-/m1/s1. The first-order valence-electron chi connectivity index (χ1n) is 9.07. The zero-order chi connectivity index (χ0) is 19.4. The molecule has 5 heteroatoms. The SMILES string of the molecule is COc1ccc([C@@H](C)NC(=O)CCc2ccc3c(ccn3C)c2)cc1OC. The van der Waals surface area contributed by atoms with Crippen molar-refractivity contribution in [2.75, 3.05) is 14.2 Å². The van der Waals surface area contributed by atoms with Crippen LogP contribution < -0.4 is 14.8 Å². The molecule has 2 aromatic carbocycles. The highest BCUT2D eigenvalue weighted by Gasteiger charge is 2.13. The molecule has 0 radical (unpaired) electrons. The van der Waals surface area contributed by atoms with Crippen LogP contribution in [0.2, 0.25) is 0 Å². The third-order valence-corrected chi connectivity index (χ3v) is 4.88. The number of aromatic nitrogens is 1. The largest absolute Gasteiger partial charge is 0.493 e. The van der Waals surface area contributed by atoms with Crippen molar-refractivity contribution in [3.05, 3.63) is 59.8 Å².